The Morgan fingerprint density at radius 3 is 2.45 bits per heavy atom. The molecule has 1 aromatic carbocycles. The van der Waals surface area contributed by atoms with Crippen LogP contribution in [-0.2, 0) is 9.53 Å². The predicted molar refractivity (Wildman–Crippen MR) is 75.8 cm³/mol. The van der Waals surface area contributed by atoms with Crippen molar-refractivity contribution in [3.05, 3.63) is 23.8 Å². The number of carbonyl (C=O) groups is 2. The lowest BCUT2D eigenvalue weighted by Gasteiger charge is -2.19. The van der Waals surface area contributed by atoms with Gasteiger partial charge in [-0.15, -0.1) is 0 Å². The van der Waals surface area contributed by atoms with Crippen LogP contribution in [0.1, 0.15) is 31.1 Å². The molecule has 1 rings (SSSR count). The highest BCUT2D eigenvalue weighted by Gasteiger charge is 2.15. The third-order valence-corrected chi connectivity index (χ3v) is 2.39. The number of primary amides is 1. The molecule has 0 saturated heterocycles. The van der Waals surface area contributed by atoms with E-state index in [0.717, 1.165) is 0 Å². The summed E-state index contributed by atoms with van der Waals surface area (Å²) in [7, 11) is 1.47. The van der Waals surface area contributed by atoms with Crippen molar-refractivity contribution < 1.29 is 19.1 Å². The van der Waals surface area contributed by atoms with Crippen LogP contribution < -0.4 is 15.8 Å². The van der Waals surface area contributed by atoms with E-state index in [0.29, 0.717) is 11.4 Å². The highest BCUT2D eigenvalue weighted by atomic mass is 16.5. The van der Waals surface area contributed by atoms with Gasteiger partial charge >= 0.3 is 0 Å². The Morgan fingerprint density at radius 2 is 1.95 bits per heavy atom. The van der Waals surface area contributed by atoms with Gasteiger partial charge in [0.25, 0.3) is 0 Å². The van der Waals surface area contributed by atoms with E-state index in [2.05, 4.69) is 5.32 Å². The third kappa shape index (κ3) is 4.89. The molecule has 0 heterocycles. The number of ether oxygens (including phenoxy) is 2. The van der Waals surface area contributed by atoms with E-state index < -0.39 is 11.5 Å². The van der Waals surface area contributed by atoms with Crippen LogP contribution in [0.5, 0.6) is 5.75 Å². The van der Waals surface area contributed by atoms with Gasteiger partial charge in [-0.05, 0) is 39.0 Å². The third-order valence-electron chi connectivity index (χ3n) is 2.39. The summed E-state index contributed by atoms with van der Waals surface area (Å²) in [4.78, 5) is 22.9. The number of benzene rings is 1. The summed E-state index contributed by atoms with van der Waals surface area (Å²) >= 11 is 0. The predicted octanol–water partition coefficient (Wildman–Crippen LogP) is 1.55. The molecule has 110 valence electrons. The topological polar surface area (TPSA) is 90.6 Å². The molecule has 0 aliphatic rings. The Morgan fingerprint density at radius 1 is 1.30 bits per heavy atom. The smallest absolute Gasteiger partial charge is 0.250 e. The quantitative estimate of drug-likeness (QED) is 0.856. The molecule has 20 heavy (non-hydrogen) atoms. The lowest BCUT2D eigenvalue weighted by atomic mass is 10.1. The lowest BCUT2D eigenvalue weighted by Crippen LogP contribution is -2.27. The van der Waals surface area contributed by atoms with Gasteiger partial charge in [-0.1, -0.05) is 0 Å². The van der Waals surface area contributed by atoms with Crippen molar-refractivity contribution in [2.24, 2.45) is 5.73 Å². The molecule has 0 atom stereocenters. The molecular formula is C14H20N2O4. The second kappa shape index (κ2) is 6.38. The van der Waals surface area contributed by atoms with E-state index >= 15 is 0 Å². The van der Waals surface area contributed by atoms with Gasteiger partial charge in [0.05, 0.1) is 18.4 Å². The number of methoxy groups -OCH3 is 1. The van der Waals surface area contributed by atoms with Crippen molar-refractivity contribution in [1.82, 2.24) is 0 Å². The fraction of sp³-hybridized carbons (Fsp3) is 0.429. The Bertz CT molecular complexity index is 506. The van der Waals surface area contributed by atoms with Gasteiger partial charge in [0.1, 0.15) is 12.4 Å². The number of amides is 2. The van der Waals surface area contributed by atoms with Gasteiger partial charge in [0.15, 0.2) is 0 Å². The molecule has 6 nitrogen and oxygen atoms in total. The number of anilines is 1. The molecule has 3 N–H and O–H groups in total. The maximum atomic E-state index is 11.8. The Balaban J connectivity index is 2.82. The number of carbonyl (C=O) groups excluding carboxylic acids is 2. The second-order valence-electron chi connectivity index (χ2n) is 5.23. The van der Waals surface area contributed by atoms with Crippen molar-refractivity contribution in [3.8, 4) is 5.75 Å². The molecule has 6 heteroatoms. The van der Waals surface area contributed by atoms with Gasteiger partial charge in [-0.3, -0.25) is 9.59 Å². The molecule has 0 aliphatic carbocycles. The molecule has 0 fully saturated rings. The molecule has 0 spiro atoms. The minimum atomic E-state index is -0.575. The van der Waals surface area contributed by atoms with Crippen molar-refractivity contribution in [2.45, 2.75) is 26.4 Å². The van der Waals surface area contributed by atoms with Gasteiger partial charge < -0.3 is 20.5 Å². The summed E-state index contributed by atoms with van der Waals surface area (Å²) in [6, 6.07) is 4.57. The highest BCUT2D eigenvalue weighted by Crippen LogP contribution is 2.25. The number of nitrogens with two attached hydrogens (primary N) is 1. The minimum Gasteiger partial charge on any atom is -0.495 e. The maximum absolute atomic E-state index is 11.8. The maximum Gasteiger partial charge on any atom is 0.250 e. The fourth-order valence-corrected chi connectivity index (χ4v) is 1.43. The van der Waals surface area contributed by atoms with Gasteiger partial charge in [0.2, 0.25) is 11.8 Å². The van der Waals surface area contributed by atoms with Crippen LogP contribution in [0, 0.1) is 0 Å². The van der Waals surface area contributed by atoms with Gasteiger partial charge in [0, 0.05) is 5.56 Å². The van der Waals surface area contributed by atoms with Crippen LogP contribution in [0.4, 0.5) is 5.69 Å². The Kier molecular flexibility index (Phi) is 5.10. The van der Waals surface area contributed by atoms with Crippen LogP contribution in [0.15, 0.2) is 18.2 Å². The van der Waals surface area contributed by atoms with Crippen LogP contribution in [0.3, 0.4) is 0 Å². The van der Waals surface area contributed by atoms with Crippen LogP contribution in [0.25, 0.3) is 0 Å². The molecule has 0 radical (unpaired) electrons. The molecule has 0 aromatic heterocycles. The summed E-state index contributed by atoms with van der Waals surface area (Å²) in [5.41, 5.74) is 5.47. The Hall–Kier alpha value is -2.08. The molecular weight excluding hydrogens is 260 g/mol. The Labute approximate surface area is 118 Å². The van der Waals surface area contributed by atoms with Crippen LogP contribution in [-0.4, -0.2) is 31.1 Å². The first-order valence-corrected chi connectivity index (χ1v) is 6.14. The average molecular weight is 280 g/mol. The first kappa shape index (κ1) is 16.0. The summed E-state index contributed by atoms with van der Waals surface area (Å²) < 4.78 is 10.5. The van der Waals surface area contributed by atoms with E-state index in [-0.39, 0.29) is 18.1 Å². The second-order valence-corrected chi connectivity index (χ2v) is 5.23. The summed E-state index contributed by atoms with van der Waals surface area (Å²) in [5, 5.41) is 2.63. The van der Waals surface area contributed by atoms with Crippen LogP contribution in [0.2, 0.25) is 0 Å². The zero-order valence-corrected chi connectivity index (χ0v) is 12.1. The first-order valence-electron chi connectivity index (χ1n) is 6.14. The van der Waals surface area contributed by atoms with E-state index in [4.69, 9.17) is 15.2 Å². The number of rotatable bonds is 5. The van der Waals surface area contributed by atoms with Crippen molar-refractivity contribution in [2.75, 3.05) is 19.0 Å². The number of hydrogen-bond acceptors (Lipinski definition) is 4. The van der Waals surface area contributed by atoms with Crippen LogP contribution >= 0.6 is 0 Å². The highest BCUT2D eigenvalue weighted by molar-refractivity contribution is 5.97. The van der Waals surface area contributed by atoms with E-state index in [1.807, 2.05) is 20.8 Å². The first-order chi connectivity index (χ1) is 9.23. The molecule has 0 unspecified atom stereocenters. The monoisotopic (exact) mass is 280 g/mol. The van der Waals surface area contributed by atoms with Crippen molar-refractivity contribution in [1.29, 1.82) is 0 Å². The molecule has 2 amide bonds. The summed E-state index contributed by atoms with van der Waals surface area (Å²) in [5.74, 6) is -0.465. The zero-order valence-electron chi connectivity index (χ0n) is 12.1. The molecule has 0 saturated carbocycles. The normalized spacial score (nSPS) is 11.0. The van der Waals surface area contributed by atoms with E-state index in [1.54, 1.807) is 6.07 Å². The van der Waals surface area contributed by atoms with Gasteiger partial charge in [-0.25, -0.2) is 0 Å². The average Bonchev–Trinajstić information content (AvgIpc) is 2.35. The molecule has 1 aromatic rings. The molecule has 0 bridgehead atoms. The zero-order chi connectivity index (χ0) is 15.3. The van der Waals surface area contributed by atoms with E-state index in [1.165, 1.54) is 19.2 Å². The number of nitrogens with one attached hydrogen (secondary N) is 1. The largest absolute Gasteiger partial charge is 0.495 e. The summed E-state index contributed by atoms with van der Waals surface area (Å²) in [6.07, 6.45) is 0. The van der Waals surface area contributed by atoms with Crippen molar-refractivity contribution >= 4 is 17.5 Å². The minimum absolute atomic E-state index is 0.0898. The molecule has 0 aliphatic heterocycles. The number of hydrogen-bond donors (Lipinski definition) is 2. The summed E-state index contributed by atoms with van der Waals surface area (Å²) in [6.45, 7) is 5.48. The van der Waals surface area contributed by atoms with Crippen molar-refractivity contribution in [3.63, 3.8) is 0 Å². The van der Waals surface area contributed by atoms with Gasteiger partial charge in [-0.2, -0.15) is 0 Å². The van der Waals surface area contributed by atoms with E-state index in [9.17, 15) is 9.59 Å². The lowest BCUT2D eigenvalue weighted by molar-refractivity contribution is -0.125. The SMILES string of the molecule is COc1ccc(C(N)=O)cc1NC(=O)COC(C)(C)C. The standard InChI is InChI=1S/C14H20N2O4/c1-14(2,3)20-8-12(17)16-10-7-9(13(15)18)5-6-11(10)19-4/h5-7H,8H2,1-4H3,(H2,15,18)(H,16,17). The fourth-order valence-electron chi connectivity index (χ4n) is 1.43.